The van der Waals surface area contributed by atoms with E-state index in [4.69, 9.17) is 25.8 Å². The van der Waals surface area contributed by atoms with Crippen LogP contribution in [0.3, 0.4) is 0 Å². The molecule has 2 saturated heterocycles. The number of hydrogen-bond donors (Lipinski definition) is 5. The number of hydrogen-bond acceptors (Lipinski definition) is 16. The van der Waals surface area contributed by atoms with Crippen molar-refractivity contribution in [3.8, 4) is 16.2 Å². The van der Waals surface area contributed by atoms with Crippen molar-refractivity contribution in [1.82, 2.24) is 50.4 Å². The number of aliphatic hydroxyl groups is 1. The summed E-state index contributed by atoms with van der Waals surface area (Å²) in [5, 5.41) is 31.4. The third-order valence-electron chi connectivity index (χ3n) is 13.0. The number of aryl methyl sites for hydroxylation is 1. The molecule has 2 aliphatic rings. The maximum absolute atomic E-state index is 14.0. The molecule has 77 heavy (non-hydrogen) atoms. The molecule has 0 radical (unpaired) electrons. The van der Waals surface area contributed by atoms with Gasteiger partial charge in [-0.1, -0.05) is 74.3 Å². The van der Waals surface area contributed by atoms with E-state index in [0.717, 1.165) is 47.6 Å². The Labute approximate surface area is 454 Å². The minimum Gasteiger partial charge on any atom is -0.485 e. The molecule has 0 spiro atoms. The van der Waals surface area contributed by atoms with Gasteiger partial charge in [0.1, 0.15) is 54.7 Å². The van der Waals surface area contributed by atoms with E-state index in [1.54, 1.807) is 39.9 Å². The van der Waals surface area contributed by atoms with Crippen molar-refractivity contribution in [2.24, 2.45) is 5.41 Å². The molecule has 20 nitrogen and oxygen atoms in total. The average Bonchev–Trinajstić information content (AvgIpc) is 4.18. The van der Waals surface area contributed by atoms with Gasteiger partial charge in [-0.15, -0.1) is 16.4 Å². The van der Waals surface area contributed by atoms with Crippen molar-refractivity contribution in [3.63, 3.8) is 0 Å². The van der Waals surface area contributed by atoms with Gasteiger partial charge in [0.15, 0.2) is 0 Å². The van der Waals surface area contributed by atoms with E-state index in [2.05, 4.69) is 51.4 Å². The number of benzene rings is 3. The number of rotatable bonds is 23. The average molecular weight is 1100 g/mol. The smallest absolute Gasteiger partial charge is 0.248 e. The third kappa shape index (κ3) is 15.6. The second-order valence-electron chi connectivity index (χ2n) is 20.0. The standard InChI is InChI=1S/C54H64ClFN12O8S/c1-34-49(77-33-60-34)36-12-10-35(11-13-36)27-57-52(72)45-24-39(69)29-68(45)53(73)50(54(2,3)4)63-48(71)31-75-22-21-74-20-19-67-28-38(64-65-67)30-76-46-26-43-40(51(59-32-58-43)61-37-14-15-42(56)41(55)23-37)25-44(46)62-47(70)9-8-18-66-16-6-5-7-17-66/h8-15,23,25-26,28,32-33,39,45,50,69H,5-7,16-22,24,27,29-31H2,1-4H3,(H,57,72)(H,62,70)(H,63,71)(H,58,59,61). The van der Waals surface area contributed by atoms with Gasteiger partial charge < -0.3 is 45.5 Å². The molecule has 3 aromatic heterocycles. The Morgan fingerprint density at radius 3 is 2.53 bits per heavy atom. The minimum absolute atomic E-state index is 0.00262. The fraction of sp³-hybridized carbons (Fsp3) is 0.426. The molecule has 5 N–H and O–H groups in total. The van der Waals surface area contributed by atoms with Crippen LogP contribution in [0.4, 0.5) is 21.6 Å². The molecule has 3 atom stereocenters. The Balaban J connectivity index is 0.787. The monoisotopic (exact) mass is 1090 g/mol. The van der Waals surface area contributed by atoms with E-state index in [1.807, 2.05) is 58.0 Å². The number of piperidine rings is 1. The molecule has 2 fully saturated rings. The van der Waals surface area contributed by atoms with Crippen molar-refractivity contribution in [2.45, 2.75) is 91.3 Å². The molecule has 5 heterocycles. The number of aromatic nitrogens is 6. The normalized spacial score (nSPS) is 16.4. The first-order valence-corrected chi connectivity index (χ1v) is 26.8. The summed E-state index contributed by atoms with van der Waals surface area (Å²) in [5.74, 6) is -1.56. The number of ether oxygens (including phenoxy) is 3. The second kappa shape index (κ2) is 26.4. The summed E-state index contributed by atoms with van der Waals surface area (Å²) in [6, 6.07) is 13.5. The zero-order chi connectivity index (χ0) is 54.5. The molecule has 0 bridgehead atoms. The van der Waals surface area contributed by atoms with E-state index in [0.29, 0.717) is 52.6 Å². The van der Waals surface area contributed by atoms with Crippen molar-refractivity contribution in [1.29, 1.82) is 0 Å². The molecular weight excluding hydrogens is 1030 g/mol. The first kappa shape index (κ1) is 56.3. The topological polar surface area (TPSA) is 240 Å². The first-order chi connectivity index (χ1) is 37.1. The number of likely N-dealkylation sites (tertiary alicyclic amines) is 2. The van der Waals surface area contributed by atoms with Crippen LogP contribution in [0.25, 0.3) is 21.3 Å². The van der Waals surface area contributed by atoms with Gasteiger partial charge in [0.25, 0.3) is 0 Å². The Morgan fingerprint density at radius 2 is 1.78 bits per heavy atom. The first-order valence-electron chi connectivity index (χ1n) is 25.5. The number of β-amino-alcohol motifs (C(OH)–C–C–N with tert-alkyl or cyclic N) is 1. The lowest BCUT2D eigenvalue weighted by atomic mass is 9.85. The van der Waals surface area contributed by atoms with Crippen LogP contribution in [0.1, 0.15) is 63.4 Å². The van der Waals surface area contributed by atoms with Gasteiger partial charge in [0.05, 0.1) is 71.0 Å². The van der Waals surface area contributed by atoms with Gasteiger partial charge in [-0.05, 0) is 73.7 Å². The number of carbonyl (C=O) groups excluding carboxylic acids is 4. The predicted octanol–water partition coefficient (Wildman–Crippen LogP) is 6.59. The molecule has 0 aliphatic carbocycles. The number of amides is 4. The van der Waals surface area contributed by atoms with Crippen molar-refractivity contribution in [2.75, 3.05) is 63.2 Å². The molecular formula is C54H64ClFN12O8S. The highest BCUT2D eigenvalue weighted by atomic mass is 35.5. The number of anilines is 3. The fourth-order valence-corrected chi connectivity index (χ4v) is 9.92. The van der Waals surface area contributed by atoms with E-state index < -0.39 is 47.1 Å². The van der Waals surface area contributed by atoms with E-state index in [-0.39, 0.29) is 63.5 Å². The van der Waals surface area contributed by atoms with E-state index in [1.165, 1.54) is 41.9 Å². The minimum atomic E-state index is -1.01. The summed E-state index contributed by atoms with van der Waals surface area (Å²) in [4.78, 5) is 71.8. The zero-order valence-electron chi connectivity index (χ0n) is 43.5. The molecule has 408 valence electrons. The lowest BCUT2D eigenvalue weighted by Gasteiger charge is -2.35. The van der Waals surface area contributed by atoms with Crippen LogP contribution in [0.5, 0.6) is 5.75 Å². The largest absolute Gasteiger partial charge is 0.485 e. The van der Waals surface area contributed by atoms with Gasteiger partial charge >= 0.3 is 0 Å². The van der Waals surface area contributed by atoms with Crippen LogP contribution in [-0.2, 0) is 48.3 Å². The van der Waals surface area contributed by atoms with E-state index in [9.17, 15) is 28.7 Å². The highest BCUT2D eigenvalue weighted by Crippen LogP contribution is 2.35. The molecule has 4 amide bonds. The molecule has 3 aromatic carbocycles. The van der Waals surface area contributed by atoms with Crippen molar-refractivity contribution in [3.05, 3.63) is 113 Å². The fourth-order valence-electron chi connectivity index (χ4n) is 8.93. The predicted molar refractivity (Wildman–Crippen MR) is 290 cm³/mol. The number of fused-ring (bicyclic) bond motifs is 1. The number of nitrogens with zero attached hydrogens (tertiary/aromatic N) is 8. The number of halogens is 2. The van der Waals surface area contributed by atoms with Crippen LogP contribution in [0.15, 0.2) is 84.8 Å². The van der Waals surface area contributed by atoms with Gasteiger partial charge in [0.2, 0.25) is 23.6 Å². The summed E-state index contributed by atoms with van der Waals surface area (Å²) in [5.41, 5.74) is 5.80. The molecule has 2 aliphatic heterocycles. The Kier molecular flexibility index (Phi) is 19.3. The van der Waals surface area contributed by atoms with Crippen molar-refractivity contribution < 1.29 is 42.9 Å². The lowest BCUT2D eigenvalue weighted by Crippen LogP contribution is -2.58. The Bertz CT molecular complexity index is 3040. The maximum atomic E-state index is 14.0. The quantitative estimate of drug-likeness (QED) is 0.0336. The SMILES string of the molecule is Cc1ncsc1-c1ccc(CNC(=O)C2CC(O)CN2C(=O)C(NC(=O)COCCOCCn2cc(COc3cc4ncnc(Nc5ccc(F)c(Cl)c5)c4cc3NC(=O)C=CCN3CCCCC3)nn2)C(C)(C)C)cc1. The van der Waals surface area contributed by atoms with Crippen LogP contribution in [-0.4, -0.2) is 139 Å². The number of carbonyl (C=O) groups is 4. The molecule has 23 heteroatoms. The number of aliphatic hydroxyl groups excluding tert-OH is 1. The Hall–Kier alpha value is -6.95. The lowest BCUT2D eigenvalue weighted by molar-refractivity contribution is -0.144. The zero-order valence-corrected chi connectivity index (χ0v) is 45.0. The van der Waals surface area contributed by atoms with Gasteiger partial charge in [-0.3, -0.25) is 24.1 Å². The highest BCUT2D eigenvalue weighted by Gasteiger charge is 2.44. The summed E-state index contributed by atoms with van der Waals surface area (Å²) < 4.78 is 33.1. The van der Waals surface area contributed by atoms with Gasteiger partial charge in [-0.2, -0.15) is 0 Å². The van der Waals surface area contributed by atoms with Crippen LogP contribution < -0.4 is 26.0 Å². The van der Waals surface area contributed by atoms with Crippen LogP contribution >= 0.6 is 22.9 Å². The molecule has 0 saturated carbocycles. The summed E-state index contributed by atoms with van der Waals surface area (Å²) >= 11 is 7.60. The molecule has 6 aromatic rings. The van der Waals surface area contributed by atoms with E-state index >= 15 is 0 Å². The van der Waals surface area contributed by atoms with Crippen molar-refractivity contribution >= 4 is 74.7 Å². The Morgan fingerprint density at radius 1 is 0.987 bits per heavy atom. The molecule has 8 rings (SSSR count). The molecule has 3 unspecified atom stereocenters. The second-order valence-corrected chi connectivity index (χ2v) is 21.2. The van der Waals surface area contributed by atoms with Crippen LogP contribution in [0, 0.1) is 18.2 Å². The summed E-state index contributed by atoms with van der Waals surface area (Å²) in [6.45, 7) is 10.8. The summed E-state index contributed by atoms with van der Waals surface area (Å²) in [7, 11) is 0. The highest BCUT2D eigenvalue weighted by molar-refractivity contribution is 7.13. The van der Waals surface area contributed by atoms with Crippen LogP contribution in [0.2, 0.25) is 5.02 Å². The number of nitrogens with one attached hydrogen (secondary N) is 4. The third-order valence-corrected chi connectivity index (χ3v) is 14.3. The maximum Gasteiger partial charge on any atom is 0.248 e. The van der Waals surface area contributed by atoms with Gasteiger partial charge in [0, 0.05) is 49.3 Å². The summed E-state index contributed by atoms with van der Waals surface area (Å²) in [6.07, 6.45) is 9.10. The number of thiazole rings is 1. The van der Waals surface area contributed by atoms with Gasteiger partial charge in [-0.25, -0.2) is 24.0 Å².